The summed E-state index contributed by atoms with van der Waals surface area (Å²) in [5.41, 5.74) is 0.288. The van der Waals surface area contributed by atoms with Gasteiger partial charge in [-0.3, -0.25) is 4.79 Å². The van der Waals surface area contributed by atoms with Gasteiger partial charge in [0.15, 0.2) is 5.69 Å². The molecule has 1 amide bonds. The summed E-state index contributed by atoms with van der Waals surface area (Å²) >= 11 is 0. The third-order valence-electron chi connectivity index (χ3n) is 2.86. The van der Waals surface area contributed by atoms with Crippen LogP contribution in [0, 0.1) is 0 Å². The maximum absolute atomic E-state index is 11.2. The maximum atomic E-state index is 11.2. The molecule has 1 aromatic heterocycles. The van der Waals surface area contributed by atoms with Gasteiger partial charge >= 0.3 is 5.97 Å². The Hall–Kier alpha value is -2.18. The molecule has 1 saturated heterocycles. The van der Waals surface area contributed by atoms with Crippen LogP contribution < -0.4 is 10.6 Å². The smallest absolute Gasteiger partial charge is 0.356 e. The van der Waals surface area contributed by atoms with Crippen molar-refractivity contribution in [2.75, 3.05) is 11.9 Å². The molecule has 19 heavy (non-hydrogen) atoms. The van der Waals surface area contributed by atoms with Crippen LogP contribution in [-0.4, -0.2) is 39.5 Å². The fraction of sp³-hybridized carbons (Fsp3) is 0.500. The Morgan fingerprint density at radius 1 is 1.58 bits per heavy atom. The first-order valence-electron chi connectivity index (χ1n) is 6.11. The van der Waals surface area contributed by atoms with Crippen LogP contribution in [0.15, 0.2) is 6.20 Å². The lowest BCUT2D eigenvalue weighted by Gasteiger charge is -2.14. The van der Waals surface area contributed by atoms with E-state index >= 15 is 0 Å². The minimum atomic E-state index is -1.11. The van der Waals surface area contributed by atoms with Gasteiger partial charge in [0.2, 0.25) is 5.91 Å². The zero-order valence-electron chi connectivity index (χ0n) is 10.8. The van der Waals surface area contributed by atoms with Crippen molar-refractivity contribution in [1.82, 2.24) is 15.3 Å². The van der Waals surface area contributed by atoms with Crippen molar-refractivity contribution in [2.45, 2.75) is 32.2 Å². The Kier molecular flexibility index (Phi) is 3.64. The number of aromatic nitrogens is 2. The van der Waals surface area contributed by atoms with Gasteiger partial charge in [-0.05, 0) is 0 Å². The number of carbonyl (C=O) groups is 2. The highest BCUT2D eigenvalue weighted by Gasteiger charge is 2.24. The van der Waals surface area contributed by atoms with Crippen molar-refractivity contribution in [3.05, 3.63) is 17.7 Å². The largest absolute Gasteiger partial charge is 0.476 e. The Labute approximate surface area is 110 Å². The molecule has 3 N–H and O–H groups in total. The quantitative estimate of drug-likeness (QED) is 0.735. The third-order valence-corrected chi connectivity index (χ3v) is 2.86. The van der Waals surface area contributed by atoms with Gasteiger partial charge in [-0.2, -0.15) is 0 Å². The van der Waals surface area contributed by atoms with Crippen LogP contribution >= 0.6 is 0 Å². The molecule has 1 aliphatic heterocycles. The predicted molar refractivity (Wildman–Crippen MR) is 68.1 cm³/mol. The fourth-order valence-corrected chi connectivity index (χ4v) is 1.87. The molecule has 0 aromatic carbocycles. The van der Waals surface area contributed by atoms with Gasteiger partial charge in [-0.25, -0.2) is 14.8 Å². The summed E-state index contributed by atoms with van der Waals surface area (Å²) in [4.78, 5) is 30.5. The van der Waals surface area contributed by atoms with Crippen LogP contribution in [0.5, 0.6) is 0 Å². The molecule has 1 fully saturated rings. The van der Waals surface area contributed by atoms with E-state index in [9.17, 15) is 14.7 Å². The average Bonchev–Trinajstić information content (AvgIpc) is 2.74. The van der Waals surface area contributed by atoms with Gasteiger partial charge in [0.1, 0.15) is 5.82 Å². The van der Waals surface area contributed by atoms with E-state index in [4.69, 9.17) is 0 Å². The Morgan fingerprint density at radius 2 is 2.32 bits per heavy atom. The molecular formula is C12H16N4O3. The van der Waals surface area contributed by atoms with Crippen molar-refractivity contribution >= 4 is 17.6 Å². The number of hydrogen-bond donors (Lipinski definition) is 3. The minimum Gasteiger partial charge on any atom is -0.476 e. The van der Waals surface area contributed by atoms with Crippen molar-refractivity contribution in [1.29, 1.82) is 0 Å². The van der Waals surface area contributed by atoms with Crippen LogP contribution in [0.3, 0.4) is 0 Å². The number of anilines is 1. The summed E-state index contributed by atoms with van der Waals surface area (Å²) in [6.07, 6.45) is 1.79. The molecule has 7 nitrogen and oxygen atoms in total. The Balaban J connectivity index is 2.24. The molecule has 1 aliphatic rings. The zero-order chi connectivity index (χ0) is 14.0. The summed E-state index contributed by atoms with van der Waals surface area (Å²) in [6, 6.07) is -0.126. The van der Waals surface area contributed by atoms with E-state index in [-0.39, 0.29) is 23.6 Å². The Bertz CT molecular complexity index is 516. The van der Waals surface area contributed by atoms with Crippen molar-refractivity contribution in [2.24, 2.45) is 0 Å². The van der Waals surface area contributed by atoms with Crippen LogP contribution in [0.1, 0.15) is 42.5 Å². The second-order valence-corrected chi connectivity index (χ2v) is 4.80. The van der Waals surface area contributed by atoms with Gasteiger partial charge in [0.05, 0.1) is 17.9 Å². The summed E-state index contributed by atoms with van der Waals surface area (Å²) in [5, 5.41) is 14.9. The van der Waals surface area contributed by atoms with E-state index in [2.05, 4.69) is 20.6 Å². The lowest BCUT2D eigenvalue weighted by atomic mass is 10.2. The minimum absolute atomic E-state index is 0.0471. The van der Waals surface area contributed by atoms with Gasteiger partial charge in [-0.15, -0.1) is 0 Å². The number of carboxylic acids is 1. The topological polar surface area (TPSA) is 104 Å². The summed E-state index contributed by atoms with van der Waals surface area (Å²) in [7, 11) is 0. The molecule has 102 valence electrons. The fourth-order valence-electron chi connectivity index (χ4n) is 1.87. The Morgan fingerprint density at radius 3 is 2.84 bits per heavy atom. The first-order valence-corrected chi connectivity index (χ1v) is 6.11. The van der Waals surface area contributed by atoms with E-state index in [1.807, 2.05) is 13.8 Å². The van der Waals surface area contributed by atoms with Crippen LogP contribution in [-0.2, 0) is 4.79 Å². The third kappa shape index (κ3) is 2.98. The number of amides is 1. The monoisotopic (exact) mass is 264 g/mol. The summed E-state index contributed by atoms with van der Waals surface area (Å²) in [5.74, 6) is -0.608. The predicted octanol–water partition coefficient (Wildman–Crippen LogP) is 0.599. The summed E-state index contributed by atoms with van der Waals surface area (Å²) < 4.78 is 0. The van der Waals surface area contributed by atoms with Crippen LogP contribution in [0.2, 0.25) is 0 Å². The van der Waals surface area contributed by atoms with E-state index in [0.717, 1.165) is 0 Å². The SMILES string of the molecule is CC(C)c1ncc(NC2CNC(=O)C2)c(C(=O)O)n1. The number of rotatable bonds is 4. The van der Waals surface area contributed by atoms with Gasteiger partial charge in [0.25, 0.3) is 0 Å². The summed E-state index contributed by atoms with van der Waals surface area (Å²) in [6.45, 7) is 4.27. The lowest BCUT2D eigenvalue weighted by molar-refractivity contribution is -0.119. The molecule has 7 heteroatoms. The highest BCUT2D eigenvalue weighted by molar-refractivity contribution is 5.92. The second-order valence-electron chi connectivity index (χ2n) is 4.80. The number of hydrogen-bond acceptors (Lipinski definition) is 5. The molecule has 1 atom stereocenters. The molecule has 0 bridgehead atoms. The molecule has 0 radical (unpaired) electrons. The van der Waals surface area contributed by atoms with Gasteiger partial charge in [0, 0.05) is 18.9 Å². The molecule has 0 aliphatic carbocycles. The zero-order valence-corrected chi connectivity index (χ0v) is 10.8. The normalized spacial score (nSPS) is 18.5. The van der Waals surface area contributed by atoms with Crippen LogP contribution in [0.25, 0.3) is 0 Å². The maximum Gasteiger partial charge on any atom is 0.356 e. The molecule has 2 rings (SSSR count). The van der Waals surface area contributed by atoms with E-state index < -0.39 is 5.97 Å². The number of aromatic carboxylic acids is 1. The first-order chi connectivity index (χ1) is 8.97. The van der Waals surface area contributed by atoms with Crippen molar-refractivity contribution < 1.29 is 14.7 Å². The van der Waals surface area contributed by atoms with Crippen molar-refractivity contribution in [3.63, 3.8) is 0 Å². The van der Waals surface area contributed by atoms with E-state index in [1.54, 1.807) is 0 Å². The molecule has 0 spiro atoms. The number of carbonyl (C=O) groups excluding carboxylic acids is 1. The first kappa shape index (κ1) is 13.3. The number of nitrogens with one attached hydrogen (secondary N) is 2. The molecule has 1 unspecified atom stereocenters. The number of nitrogens with zero attached hydrogens (tertiary/aromatic N) is 2. The number of carboxylic acid groups (broad SMARTS) is 1. The van der Waals surface area contributed by atoms with E-state index in [1.165, 1.54) is 6.20 Å². The lowest BCUT2D eigenvalue weighted by Crippen LogP contribution is -2.24. The molecular weight excluding hydrogens is 248 g/mol. The standard InChI is InChI=1S/C12H16N4O3/c1-6(2)11-14-5-8(10(16-11)12(18)19)15-7-3-9(17)13-4-7/h5-7,15H,3-4H2,1-2H3,(H,13,17)(H,18,19). The molecule has 0 saturated carbocycles. The molecule has 1 aromatic rings. The van der Waals surface area contributed by atoms with Gasteiger partial charge in [-0.1, -0.05) is 13.8 Å². The average molecular weight is 264 g/mol. The second kappa shape index (κ2) is 5.21. The highest BCUT2D eigenvalue weighted by atomic mass is 16.4. The molecule has 2 heterocycles. The van der Waals surface area contributed by atoms with Crippen molar-refractivity contribution in [3.8, 4) is 0 Å². The van der Waals surface area contributed by atoms with Crippen LogP contribution in [0.4, 0.5) is 5.69 Å². The van der Waals surface area contributed by atoms with Gasteiger partial charge < -0.3 is 15.7 Å². The highest BCUT2D eigenvalue weighted by Crippen LogP contribution is 2.18. The van der Waals surface area contributed by atoms with E-state index in [0.29, 0.717) is 24.5 Å².